The summed E-state index contributed by atoms with van der Waals surface area (Å²) in [4.78, 5) is 4.52. The van der Waals surface area contributed by atoms with E-state index >= 15 is 0 Å². The number of hydrogen-bond acceptors (Lipinski definition) is 3. The number of rotatable bonds is 3. The highest BCUT2D eigenvalue weighted by Crippen LogP contribution is 2.29. The summed E-state index contributed by atoms with van der Waals surface area (Å²) in [5.41, 5.74) is 1.90. The predicted octanol–water partition coefficient (Wildman–Crippen LogP) is 2.05. The Morgan fingerprint density at radius 3 is 2.69 bits per heavy atom. The molecule has 0 radical (unpaired) electrons. The second-order valence-electron chi connectivity index (χ2n) is 2.75. The van der Waals surface area contributed by atoms with E-state index in [9.17, 15) is 0 Å². The van der Waals surface area contributed by atoms with E-state index in [2.05, 4.69) is 4.84 Å². The van der Waals surface area contributed by atoms with E-state index in [-0.39, 0.29) is 6.61 Å². The lowest BCUT2D eigenvalue weighted by atomic mass is 10.1. The Hall–Kier alpha value is -0.770. The number of hydrogen-bond donors (Lipinski definition) is 1. The van der Waals surface area contributed by atoms with Crippen molar-refractivity contribution in [1.29, 1.82) is 0 Å². The fourth-order valence-corrected chi connectivity index (χ4v) is 1.39. The van der Waals surface area contributed by atoms with Crippen LogP contribution in [0.2, 0.25) is 5.02 Å². The number of halogens is 1. The molecule has 0 amide bonds. The van der Waals surface area contributed by atoms with Crippen molar-refractivity contribution in [3.63, 3.8) is 0 Å². The molecule has 4 heteroatoms. The Morgan fingerprint density at radius 1 is 1.46 bits per heavy atom. The van der Waals surface area contributed by atoms with E-state index in [1.165, 1.54) is 0 Å². The number of ether oxygens (including phenoxy) is 1. The lowest BCUT2D eigenvalue weighted by Gasteiger charge is -2.09. The third-order valence-corrected chi connectivity index (χ3v) is 2.15. The SMILES string of the molecule is COc1cc(C)cc(CON)c1Cl. The third-order valence-electron chi connectivity index (χ3n) is 1.72. The van der Waals surface area contributed by atoms with Gasteiger partial charge in [-0.05, 0) is 18.6 Å². The van der Waals surface area contributed by atoms with Gasteiger partial charge in [-0.25, -0.2) is 5.90 Å². The highest BCUT2D eigenvalue weighted by Gasteiger charge is 2.07. The first-order valence-electron chi connectivity index (χ1n) is 3.83. The van der Waals surface area contributed by atoms with Gasteiger partial charge in [0.2, 0.25) is 0 Å². The molecule has 0 bridgehead atoms. The summed E-state index contributed by atoms with van der Waals surface area (Å²) in [6.45, 7) is 2.25. The molecule has 1 aromatic rings. The van der Waals surface area contributed by atoms with Crippen molar-refractivity contribution in [2.45, 2.75) is 13.5 Å². The van der Waals surface area contributed by atoms with Gasteiger partial charge in [0.25, 0.3) is 0 Å². The van der Waals surface area contributed by atoms with Crippen LogP contribution in [0.4, 0.5) is 0 Å². The summed E-state index contributed by atoms with van der Waals surface area (Å²) in [6.07, 6.45) is 0. The van der Waals surface area contributed by atoms with E-state index in [4.69, 9.17) is 22.2 Å². The molecule has 0 atom stereocenters. The van der Waals surface area contributed by atoms with Crippen LogP contribution in [0, 0.1) is 6.92 Å². The Kier molecular flexibility index (Phi) is 3.54. The smallest absolute Gasteiger partial charge is 0.138 e. The molecule has 3 nitrogen and oxygen atoms in total. The summed E-state index contributed by atoms with van der Waals surface area (Å²) in [5.74, 6) is 5.62. The van der Waals surface area contributed by atoms with Gasteiger partial charge in [-0.15, -0.1) is 0 Å². The van der Waals surface area contributed by atoms with Crippen molar-refractivity contribution < 1.29 is 9.57 Å². The number of methoxy groups -OCH3 is 1. The molecule has 0 saturated carbocycles. The lowest BCUT2D eigenvalue weighted by Crippen LogP contribution is -2.00. The Balaban J connectivity index is 3.11. The fourth-order valence-electron chi connectivity index (χ4n) is 1.15. The molecule has 0 heterocycles. The molecule has 0 unspecified atom stereocenters. The maximum atomic E-state index is 6.00. The lowest BCUT2D eigenvalue weighted by molar-refractivity contribution is 0.124. The van der Waals surface area contributed by atoms with Gasteiger partial charge in [0.05, 0.1) is 18.7 Å². The molecular formula is C9H12ClNO2. The number of nitrogens with two attached hydrogens (primary N) is 1. The highest BCUT2D eigenvalue weighted by molar-refractivity contribution is 6.32. The zero-order valence-corrected chi connectivity index (χ0v) is 8.39. The van der Waals surface area contributed by atoms with E-state index in [0.717, 1.165) is 11.1 Å². The van der Waals surface area contributed by atoms with Crippen LogP contribution in [-0.2, 0) is 11.4 Å². The van der Waals surface area contributed by atoms with Crippen LogP contribution >= 0.6 is 11.6 Å². The third kappa shape index (κ3) is 2.34. The Bertz CT molecular complexity index is 302. The largest absolute Gasteiger partial charge is 0.495 e. The first-order valence-corrected chi connectivity index (χ1v) is 4.21. The minimum Gasteiger partial charge on any atom is -0.495 e. The maximum absolute atomic E-state index is 6.00. The highest BCUT2D eigenvalue weighted by atomic mass is 35.5. The van der Waals surface area contributed by atoms with Crippen molar-refractivity contribution in [2.24, 2.45) is 5.90 Å². The molecule has 0 spiro atoms. The van der Waals surface area contributed by atoms with Gasteiger partial charge >= 0.3 is 0 Å². The summed E-state index contributed by atoms with van der Waals surface area (Å²) >= 11 is 6.00. The molecule has 1 aromatic carbocycles. The van der Waals surface area contributed by atoms with Crippen LogP contribution in [0.25, 0.3) is 0 Å². The maximum Gasteiger partial charge on any atom is 0.138 e. The van der Waals surface area contributed by atoms with E-state index in [0.29, 0.717) is 10.8 Å². The molecule has 1 rings (SSSR count). The van der Waals surface area contributed by atoms with Gasteiger partial charge in [0.15, 0.2) is 0 Å². The topological polar surface area (TPSA) is 44.5 Å². The van der Waals surface area contributed by atoms with Crippen LogP contribution < -0.4 is 10.6 Å². The van der Waals surface area contributed by atoms with Crippen molar-refractivity contribution in [1.82, 2.24) is 0 Å². The minimum absolute atomic E-state index is 0.289. The molecule has 13 heavy (non-hydrogen) atoms. The fraction of sp³-hybridized carbons (Fsp3) is 0.333. The standard InChI is InChI=1S/C9H12ClNO2/c1-6-3-7(5-13-11)9(10)8(4-6)12-2/h3-4H,5,11H2,1-2H3. The Labute approximate surface area is 82.4 Å². The van der Waals surface area contributed by atoms with E-state index in [1.807, 2.05) is 19.1 Å². The molecule has 0 aromatic heterocycles. The summed E-state index contributed by atoms with van der Waals surface area (Å²) in [7, 11) is 1.58. The molecule has 72 valence electrons. The average Bonchev–Trinajstić information content (AvgIpc) is 2.11. The number of aryl methyl sites for hydroxylation is 1. The first-order chi connectivity index (χ1) is 6.19. The molecule has 2 N–H and O–H groups in total. The van der Waals surface area contributed by atoms with Gasteiger partial charge in [-0.1, -0.05) is 17.7 Å². The second-order valence-corrected chi connectivity index (χ2v) is 3.13. The molecule has 0 aliphatic carbocycles. The van der Waals surface area contributed by atoms with Gasteiger partial charge in [-0.2, -0.15) is 0 Å². The molecule has 0 aliphatic rings. The first kappa shape index (κ1) is 10.3. The quantitative estimate of drug-likeness (QED) is 0.762. The van der Waals surface area contributed by atoms with Crippen LogP contribution in [0.15, 0.2) is 12.1 Å². The van der Waals surface area contributed by atoms with Gasteiger partial charge < -0.3 is 4.74 Å². The summed E-state index contributed by atoms with van der Waals surface area (Å²) < 4.78 is 5.08. The zero-order valence-electron chi connectivity index (χ0n) is 7.63. The second kappa shape index (κ2) is 4.46. The molecule has 0 aliphatic heterocycles. The van der Waals surface area contributed by atoms with Crippen LogP contribution in [-0.4, -0.2) is 7.11 Å². The molecule has 0 fully saturated rings. The average molecular weight is 202 g/mol. The van der Waals surface area contributed by atoms with Crippen LogP contribution in [0.3, 0.4) is 0 Å². The molecule has 0 saturated heterocycles. The zero-order chi connectivity index (χ0) is 9.84. The van der Waals surface area contributed by atoms with Crippen molar-refractivity contribution in [3.05, 3.63) is 28.3 Å². The number of benzene rings is 1. The predicted molar refractivity (Wildman–Crippen MR) is 51.7 cm³/mol. The van der Waals surface area contributed by atoms with E-state index < -0.39 is 0 Å². The van der Waals surface area contributed by atoms with Gasteiger partial charge in [-0.3, -0.25) is 4.84 Å². The monoisotopic (exact) mass is 201 g/mol. The Morgan fingerprint density at radius 2 is 2.15 bits per heavy atom. The summed E-state index contributed by atoms with van der Waals surface area (Å²) in [5, 5.41) is 0.554. The van der Waals surface area contributed by atoms with Crippen LogP contribution in [0.1, 0.15) is 11.1 Å². The van der Waals surface area contributed by atoms with Crippen molar-refractivity contribution in [3.8, 4) is 5.75 Å². The molecular weight excluding hydrogens is 190 g/mol. The van der Waals surface area contributed by atoms with Gasteiger partial charge in [0.1, 0.15) is 5.75 Å². The normalized spacial score (nSPS) is 10.2. The van der Waals surface area contributed by atoms with Crippen LogP contribution in [0.5, 0.6) is 5.75 Å². The summed E-state index contributed by atoms with van der Waals surface area (Å²) in [6, 6.07) is 3.78. The minimum atomic E-state index is 0.289. The van der Waals surface area contributed by atoms with Crippen molar-refractivity contribution in [2.75, 3.05) is 7.11 Å². The van der Waals surface area contributed by atoms with E-state index in [1.54, 1.807) is 7.11 Å². The van der Waals surface area contributed by atoms with Gasteiger partial charge in [0, 0.05) is 5.56 Å². The van der Waals surface area contributed by atoms with Crippen molar-refractivity contribution >= 4 is 11.6 Å².